The molecule has 4 aromatic rings. The van der Waals surface area contributed by atoms with Crippen LogP contribution in [0.15, 0.2) is 66.7 Å². The fraction of sp³-hybridized carbons (Fsp3) is 0.136. The highest BCUT2D eigenvalue weighted by molar-refractivity contribution is 6.06. The minimum absolute atomic E-state index is 0.213. The Balaban J connectivity index is 1.86. The zero-order valence-electron chi connectivity index (χ0n) is 14.2. The van der Waals surface area contributed by atoms with Gasteiger partial charge in [0, 0.05) is 5.39 Å². The molecule has 0 bridgehead atoms. The van der Waals surface area contributed by atoms with Crippen LogP contribution in [-0.4, -0.2) is 12.3 Å². The molecule has 0 radical (unpaired) electrons. The summed E-state index contributed by atoms with van der Waals surface area (Å²) in [6, 6.07) is 22.5. The van der Waals surface area contributed by atoms with Crippen LogP contribution in [0.2, 0.25) is 0 Å². The molecule has 0 aromatic heterocycles. The van der Waals surface area contributed by atoms with Gasteiger partial charge in [0.1, 0.15) is 5.75 Å². The van der Waals surface area contributed by atoms with Gasteiger partial charge >= 0.3 is 6.16 Å². The van der Waals surface area contributed by atoms with E-state index in [4.69, 9.17) is 9.47 Å². The van der Waals surface area contributed by atoms with Gasteiger partial charge in [0.05, 0.1) is 6.10 Å². The third kappa shape index (κ3) is 3.01. The summed E-state index contributed by atoms with van der Waals surface area (Å²) in [5.41, 5.74) is 0. The summed E-state index contributed by atoms with van der Waals surface area (Å²) in [7, 11) is 0. The third-order valence-electron chi connectivity index (χ3n) is 4.19. The summed E-state index contributed by atoms with van der Waals surface area (Å²) in [4.78, 5) is 11.9. The van der Waals surface area contributed by atoms with E-state index < -0.39 is 6.16 Å². The Kier molecular flexibility index (Phi) is 3.77. The van der Waals surface area contributed by atoms with Crippen molar-refractivity contribution in [2.75, 3.05) is 0 Å². The zero-order valence-corrected chi connectivity index (χ0v) is 14.2. The van der Waals surface area contributed by atoms with Gasteiger partial charge in [-0.25, -0.2) is 4.79 Å². The average Bonchev–Trinajstić information content (AvgIpc) is 2.58. The number of carbonyl (C=O) groups excluding carboxylic acids is 1. The van der Waals surface area contributed by atoms with E-state index in [1.54, 1.807) is 19.9 Å². The normalized spacial score (nSPS) is 11.3. The molecule has 0 aliphatic rings. The number of benzene rings is 4. The maximum Gasteiger partial charge on any atom is 0.514 e. The van der Waals surface area contributed by atoms with Gasteiger partial charge in [-0.1, -0.05) is 36.4 Å². The van der Waals surface area contributed by atoms with Crippen molar-refractivity contribution in [1.82, 2.24) is 0 Å². The molecule has 25 heavy (non-hydrogen) atoms. The van der Waals surface area contributed by atoms with Crippen LogP contribution in [0.1, 0.15) is 13.8 Å². The Morgan fingerprint density at radius 3 is 2.04 bits per heavy atom. The van der Waals surface area contributed by atoms with E-state index in [0.717, 1.165) is 21.5 Å². The summed E-state index contributed by atoms with van der Waals surface area (Å²) in [6.07, 6.45) is -0.893. The molecule has 3 nitrogen and oxygen atoms in total. The van der Waals surface area contributed by atoms with Crippen molar-refractivity contribution < 1.29 is 14.3 Å². The van der Waals surface area contributed by atoms with Crippen molar-refractivity contribution >= 4 is 38.5 Å². The lowest BCUT2D eigenvalue weighted by molar-refractivity contribution is 0.0733. The molecule has 4 aromatic carbocycles. The summed E-state index contributed by atoms with van der Waals surface area (Å²) in [5.74, 6) is 0.512. The molecule has 0 N–H and O–H groups in total. The van der Waals surface area contributed by atoms with E-state index in [0.29, 0.717) is 5.75 Å². The molecule has 0 saturated carbocycles. The van der Waals surface area contributed by atoms with Crippen molar-refractivity contribution in [3.8, 4) is 5.75 Å². The Morgan fingerprint density at radius 2 is 1.36 bits per heavy atom. The maximum absolute atomic E-state index is 11.9. The zero-order chi connectivity index (χ0) is 17.4. The molecule has 0 saturated heterocycles. The highest BCUT2D eigenvalue weighted by Gasteiger charge is 2.12. The van der Waals surface area contributed by atoms with Crippen molar-refractivity contribution in [2.45, 2.75) is 20.0 Å². The second-order valence-corrected chi connectivity index (χ2v) is 6.39. The molecule has 3 heteroatoms. The van der Waals surface area contributed by atoms with E-state index in [9.17, 15) is 4.79 Å². The fourth-order valence-corrected chi connectivity index (χ4v) is 3.09. The molecule has 0 unspecified atom stereocenters. The van der Waals surface area contributed by atoms with Gasteiger partial charge in [-0.2, -0.15) is 0 Å². The van der Waals surface area contributed by atoms with Crippen LogP contribution >= 0.6 is 0 Å². The lowest BCUT2D eigenvalue weighted by Gasteiger charge is -2.11. The van der Waals surface area contributed by atoms with Crippen LogP contribution in [0.3, 0.4) is 0 Å². The van der Waals surface area contributed by atoms with Crippen LogP contribution < -0.4 is 4.74 Å². The molecule has 124 valence electrons. The van der Waals surface area contributed by atoms with Gasteiger partial charge < -0.3 is 9.47 Å². The molecule has 0 spiro atoms. The standard InChI is InChI=1S/C22H18O3/c1-14(2)24-22(23)25-21-9-5-8-17-12-18-10-15-6-3-4-7-16(15)11-19(18)13-20(17)21/h3-14H,1-2H3. The highest BCUT2D eigenvalue weighted by Crippen LogP contribution is 2.32. The highest BCUT2D eigenvalue weighted by atomic mass is 16.7. The van der Waals surface area contributed by atoms with E-state index in [1.807, 2.05) is 24.3 Å². The second kappa shape index (κ2) is 6.10. The van der Waals surface area contributed by atoms with E-state index >= 15 is 0 Å². The first kappa shape index (κ1) is 15.5. The molecule has 0 amide bonds. The Labute approximate surface area is 145 Å². The lowest BCUT2D eigenvalue weighted by Crippen LogP contribution is -2.15. The average molecular weight is 330 g/mol. The molecule has 0 heterocycles. The van der Waals surface area contributed by atoms with Crippen molar-refractivity contribution in [2.24, 2.45) is 0 Å². The summed E-state index contributed by atoms with van der Waals surface area (Å²) in [6.45, 7) is 3.59. The topological polar surface area (TPSA) is 35.5 Å². The Morgan fingerprint density at radius 1 is 0.760 bits per heavy atom. The quantitative estimate of drug-likeness (QED) is 0.254. The maximum atomic E-state index is 11.9. The molecule has 4 rings (SSSR count). The van der Waals surface area contributed by atoms with E-state index in [1.165, 1.54) is 10.8 Å². The molecule has 0 aliphatic carbocycles. The first-order valence-electron chi connectivity index (χ1n) is 8.34. The first-order valence-corrected chi connectivity index (χ1v) is 8.34. The number of hydrogen-bond donors (Lipinski definition) is 0. The van der Waals surface area contributed by atoms with Crippen molar-refractivity contribution in [3.63, 3.8) is 0 Å². The molecular weight excluding hydrogens is 312 g/mol. The lowest BCUT2D eigenvalue weighted by atomic mass is 9.99. The van der Waals surface area contributed by atoms with Crippen LogP contribution in [0.5, 0.6) is 5.75 Å². The minimum Gasteiger partial charge on any atom is -0.431 e. The predicted octanol–water partition coefficient (Wildman–Crippen LogP) is 6.07. The van der Waals surface area contributed by atoms with Crippen LogP contribution in [-0.2, 0) is 4.74 Å². The molecular formula is C22H18O3. The molecule has 0 aliphatic heterocycles. The van der Waals surface area contributed by atoms with Crippen LogP contribution in [0.25, 0.3) is 32.3 Å². The number of hydrogen-bond acceptors (Lipinski definition) is 3. The first-order chi connectivity index (χ1) is 12.1. The Bertz CT molecular complexity index is 1100. The largest absolute Gasteiger partial charge is 0.514 e. The van der Waals surface area contributed by atoms with Crippen LogP contribution in [0, 0.1) is 0 Å². The third-order valence-corrected chi connectivity index (χ3v) is 4.19. The monoisotopic (exact) mass is 330 g/mol. The predicted molar refractivity (Wildman–Crippen MR) is 101 cm³/mol. The summed E-state index contributed by atoms with van der Waals surface area (Å²) >= 11 is 0. The van der Waals surface area contributed by atoms with Gasteiger partial charge in [0.15, 0.2) is 0 Å². The number of fused-ring (bicyclic) bond motifs is 3. The van der Waals surface area contributed by atoms with Crippen molar-refractivity contribution in [1.29, 1.82) is 0 Å². The molecule has 0 fully saturated rings. The molecule has 0 atom stereocenters. The van der Waals surface area contributed by atoms with Crippen LogP contribution in [0.4, 0.5) is 4.79 Å². The van der Waals surface area contributed by atoms with Gasteiger partial charge in [-0.3, -0.25) is 0 Å². The fourth-order valence-electron chi connectivity index (χ4n) is 3.09. The second-order valence-electron chi connectivity index (χ2n) is 6.39. The SMILES string of the molecule is CC(C)OC(=O)Oc1cccc2cc3cc4ccccc4cc3cc12. The smallest absolute Gasteiger partial charge is 0.431 e. The number of rotatable bonds is 2. The van der Waals surface area contributed by atoms with Gasteiger partial charge in [-0.15, -0.1) is 0 Å². The summed E-state index contributed by atoms with van der Waals surface area (Å²) in [5, 5.41) is 6.59. The Hall–Kier alpha value is -3.07. The van der Waals surface area contributed by atoms with Gasteiger partial charge in [0.25, 0.3) is 0 Å². The van der Waals surface area contributed by atoms with Gasteiger partial charge in [0.2, 0.25) is 0 Å². The van der Waals surface area contributed by atoms with E-state index in [2.05, 4.69) is 36.4 Å². The minimum atomic E-state index is -0.680. The van der Waals surface area contributed by atoms with Crippen molar-refractivity contribution in [3.05, 3.63) is 66.7 Å². The summed E-state index contributed by atoms with van der Waals surface area (Å²) < 4.78 is 10.5. The number of carbonyl (C=O) groups is 1. The van der Waals surface area contributed by atoms with Gasteiger partial charge in [-0.05, 0) is 71.1 Å². The van der Waals surface area contributed by atoms with E-state index in [-0.39, 0.29) is 6.10 Å². The number of ether oxygens (including phenoxy) is 2.